The zero-order valence-corrected chi connectivity index (χ0v) is 19.8. The van der Waals surface area contributed by atoms with Gasteiger partial charge in [0.25, 0.3) is 0 Å². The van der Waals surface area contributed by atoms with Crippen LogP contribution >= 0.6 is 0 Å². The average molecular weight is 537 g/mol. The molecular weight excluding hydrogens is 519 g/mol. The van der Waals surface area contributed by atoms with Gasteiger partial charge < -0.3 is 10.1 Å². The van der Waals surface area contributed by atoms with E-state index >= 15 is 0 Å². The van der Waals surface area contributed by atoms with Crippen molar-refractivity contribution in [3.8, 4) is 11.8 Å². The van der Waals surface area contributed by atoms with Crippen LogP contribution in [-0.4, -0.2) is 10.9 Å². The van der Waals surface area contributed by atoms with E-state index in [4.69, 9.17) is 0 Å². The molecule has 1 aromatic heterocycles. The first kappa shape index (κ1) is 28.1. The second kappa shape index (κ2) is 14.3. The quantitative estimate of drug-likeness (QED) is 0.309. The Bertz CT molecular complexity index is 1130. The molecule has 10 radical (unpaired) electrons. The van der Waals surface area contributed by atoms with E-state index in [0.717, 1.165) is 5.39 Å². The first-order valence-corrected chi connectivity index (χ1v) is 10.0. The topological polar surface area (TPSA) is 44.1 Å². The summed E-state index contributed by atoms with van der Waals surface area (Å²) in [6.45, 7) is 0. The summed E-state index contributed by atoms with van der Waals surface area (Å²) in [7, 11) is 0. The van der Waals surface area contributed by atoms with Crippen LogP contribution in [0.4, 0.5) is 10.1 Å². The monoisotopic (exact) mass is 536 g/mol. The number of pyridine rings is 1. The molecule has 2 aromatic carbocycles. The summed E-state index contributed by atoms with van der Waals surface area (Å²) in [6.07, 6.45) is 16.8. The Kier molecular flexibility index (Phi) is 11.8. The third kappa shape index (κ3) is 7.69. The van der Waals surface area contributed by atoms with Crippen molar-refractivity contribution in [3.63, 3.8) is 0 Å². The van der Waals surface area contributed by atoms with Crippen molar-refractivity contribution >= 4 is 22.5 Å². The minimum absolute atomic E-state index is 0. The van der Waals surface area contributed by atoms with Crippen LogP contribution in [0.2, 0.25) is 0 Å². The van der Waals surface area contributed by atoms with E-state index in [1.807, 2.05) is 56.4 Å². The number of fused-ring (bicyclic) bond motifs is 1. The Morgan fingerprint density at radius 1 is 0.853 bits per heavy atom. The summed E-state index contributed by atoms with van der Waals surface area (Å²) in [5.41, 5.74) is 1.74. The van der Waals surface area contributed by atoms with Gasteiger partial charge in [-0.2, -0.15) is 0 Å². The van der Waals surface area contributed by atoms with Crippen LogP contribution in [0.3, 0.4) is 0 Å². The summed E-state index contributed by atoms with van der Waals surface area (Å²) >= 11 is 0. The third-order valence-electron chi connectivity index (χ3n) is 4.60. The summed E-state index contributed by atoms with van der Waals surface area (Å²) < 4.78 is 13.3. The van der Waals surface area contributed by atoms with Crippen molar-refractivity contribution in [2.24, 2.45) is 0 Å². The number of amides is 1. The molecule has 0 spiro atoms. The van der Waals surface area contributed by atoms with Crippen molar-refractivity contribution in [3.05, 3.63) is 141 Å². The molecule has 172 valence electrons. The maximum absolute atomic E-state index is 13.3. The van der Waals surface area contributed by atoms with Crippen molar-refractivity contribution in [1.29, 1.82) is 0 Å². The normalized spacial score (nSPS) is 15.2. The van der Waals surface area contributed by atoms with Gasteiger partial charge in [0.15, 0.2) is 0 Å². The maximum atomic E-state index is 13.3. The van der Waals surface area contributed by atoms with Crippen LogP contribution in [0.1, 0.15) is 5.56 Å². The van der Waals surface area contributed by atoms with Gasteiger partial charge in [0.2, 0.25) is 0 Å². The van der Waals surface area contributed by atoms with Crippen molar-refractivity contribution in [1.82, 2.24) is 4.98 Å². The van der Waals surface area contributed by atoms with Crippen molar-refractivity contribution in [2.45, 2.75) is 0 Å². The van der Waals surface area contributed by atoms with Crippen LogP contribution < -0.4 is 0 Å². The second-order valence-electron chi connectivity index (χ2n) is 6.84. The van der Waals surface area contributed by atoms with E-state index in [-0.39, 0.29) is 45.9 Å². The molecule has 3 aromatic rings. The molecule has 2 aliphatic rings. The predicted octanol–water partition coefficient (Wildman–Crippen LogP) is 5.75. The van der Waals surface area contributed by atoms with Gasteiger partial charge in [0.1, 0.15) is 5.82 Å². The number of carbonyl (C=O) groups excluding carboxylic acids is 1. The van der Waals surface area contributed by atoms with Gasteiger partial charge in [-0.05, 0) is 81.0 Å². The van der Waals surface area contributed by atoms with Gasteiger partial charge in [0.05, 0.1) is 17.3 Å². The molecule has 3 nitrogen and oxygen atoms in total. The van der Waals surface area contributed by atoms with Crippen molar-refractivity contribution in [2.75, 3.05) is 0 Å². The van der Waals surface area contributed by atoms with Crippen molar-refractivity contribution < 1.29 is 43.3 Å². The molecule has 0 bridgehead atoms. The molecule has 0 atom stereocenters. The first-order valence-electron chi connectivity index (χ1n) is 10.0. The zero-order chi connectivity index (χ0) is 22.2. The molecular formula is C28H18CuFFeN2O. The molecule has 6 heteroatoms. The fraction of sp³-hybridized carbons (Fsp3) is 0. The van der Waals surface area contributed by atoms with E-state index in [0.29, 0.717) is 28.6 Å². The third-order valence-corrected chi connectivity index (χ3v) is 4.60. The van der Waals surface area contributed by atoms with Gasteiger partial charge in [-0.3, -0.25) is 4.98 Å². The van der Waals surface area contributed by atoms with Gasteiger partial charge in [-0.1, -0.05) is 42.2 Å². The predicted molar refractivity (Wildman–Crippen MR) is 124 cm³/mol. The van der Waals surface area contributed by atoms with Gasteiger partial charge in [0, 0.05) is 34.7 Å². The smallest absolute Gasteiger partial charge is 0.625 e. The zero-order valence-electron chi connectivity index (χ0n) is 17.7. The number of aromatic nitrogens is 1. The van der Waals surface area contributed by atoms with E-state index < -0.39 is 0 Å². The minimum atomic E-state index is -0.387. The maximum Gasteiger partial charge on any atom is 1.00 e. The fourth-order valence-electron chi connectivity index (χ4n) is 3.09. The number of nitrogens with zero attached hydrogens (tertiary/aromatic N) is 2. The SMILES string of the molecule is O=C([N-]c1cccc2cccnc12)[C]1[CH][CH][CH][C]1C#Cc1cccc(F)c1.[CH]1[CH][CH][CH][CH]1.[Cu+].[Fe]. The summed E-state index contributed by atoms with van der Waals surface area (Å²) in [5.74, 6) is 6.04. The molecule has 0 saturated heterocycles. The van der Waals surface area contributed by atoms with Crippen LogP contribution in [-0.2, 0) is 38.9 Å². The fourth-order valence-corrected chi connectivity index (χ4v) is 3.09. The van der Waals surface area contributed by atoms with Crippen LogP contribution in [0, 0.1) is 80.9 Å². The number of hydrogen-bond acceptors (Lipinski definition) is 2. The molecule has 2 fully saturated rings. The van der Waals surface area contributed by atoms with E-state index in [9.17, 15) is 9.18 Å². The molecule has 34 heavy (non-hydrogen) atoms. The van der Waals surface area contributed by atoms with Crippen LogP contribution in [0.15, 0.2) is 60.8 Å². The standard InChI is InChI=1S/C23H14FN2O.C5H5.Cu.Fe/c24-19-9-1-5-16(15-19)12-13-17-6-2-10-20(17)23(27)26-21-11-3-7-18-8-4-14-25-22(18)21;1-2-4-5-3-1;;/h1-11,14-15H,(H,26,27);1-5H;;/q;;+1;/p-1. The Balaban J connectivity index is 0.000000520. The number of hydrogen-bond donors (Lipinski definition) is 0. The first-order chi connectivity index (χ1) is 15.7. The number of carbonyl (C=O) groups is 1. The summed E-state index contributed by atoms with van der Waals surface area (Å²) in [6, 6.07) is 15.3. The molecule has 2 saturated carbocycles. The molecule has 5 rings (SSSR count). The van der Waals surface area contributed by atoms with E-state index in [2.05, 4.69) is 22.1 Å². The molecule has 0 unspecified atom stereocenters. The second-order valence-corrected chi connectivity index (χ2v) is 6.84. The largest absolute Gasteiger partial charge is 1.00 e. The Hall–Kier alpha value is -2.15. The molecule has 0 aliphatic heterocycles. The van der Waals surface area contributed by atoms with Gasteiger partial charge >= 0.3 is 17.1 Å². The Morgan fingerprint density at radius 3 is 2.29 bits per heavy atom. The van der Waals surface area contributed by atoms with E-state index in [1.165, 1.54) is 12.1 Å². The Morgan fingerprint density at radius 2 is 1.56 bits per heavy atom. The number of rotatable bonds is 2. The summed E-state index contributed by atoms with van der Waals surface area (Å²) in [4.78, 5) is 17.0. The minimum Gasteiger partial charge on any atom is -0.625 e. The Labute approximate surface area is 222 Å². The molecule has 0 N–H and O–H groups in total. The molecule has 1 amide bonds. The van der Waals surface area contributed by atoms with Gasteiger partial charge in [-0.25, -0.2) is 4.39 Å². The number of para-hydroxylation sites is 1. The summed E-state index contributed by atoms with van der Waals surface area (Å²) in [5, 5.41) is 5.15. The average Bonchev–Trinajstić information content (AvgIpc) is 3.53. The van der Waals surface area contributed by atoms with E-state index in [1.54, 1.807) is 43.7 Å². The molecule has 2 aliphatic carbocycles. The van der Waals surface area contributed by atoms with Gasteiger partial charge in [-0.15, -0.1) is 5.69 Å². The van der Waals surface area contributed by atoms with Crippen LogP contribution in [0.5, 0.6) is 0 Å². The van der Waals surface area contributed by atoms with Crippen LogP contribution in [0.25, 0.3) is 16.2 Å². The number of benzene rings is 2. The number of halogens is 1. The molecule has 1 heterocycles.